The Kier molecular flexibility index (Phi) is 4.95. The van der Waals surface area contributed by atoms with Crippen LogP contribution < -0.4 is 0 Å². The summed E-state index contributed by atoms with van der Waals surface area (Å²) < 4.78 is 5.99. The molecule has 0 aliphatic heterocycles. The lowest BCUT2D eigenvalue weighted by Gasteiger charge is -2.36. The minimum Gasteiger partial charge on any atom is -0.371 e. The van der Waals surface area contributed by atoms with Gasteiger partial charge in [0, 0.05) is 0 Å². The quantitative estimate of drug-likeness (QED) is 0.604. The maximum atomic E-state index is 5.99. The maximum Gasteiger partial charge on any atom is 0.0721 e. The minimum absolute atomic E-state index is 0.111. The van der Waals surface area contributed by atoms with Gasteiger partial charge in [-0.3, -0.25) is 0 Å². The van der Waals surface area contributed by atoms with Crippen molar-refractivity contribution < 1.29 is 4.74 Å². The molecule has 0 saturated heterocycles. The average Bonchev–Trinajstić information content (AvgIpc) is 2.20. The first-order valence-corrected chi connectivity index (χ1v) is 5.69. The molecule has 0 spiro atoms. The van der Waals surface area contributed by atoms with Crippen LogP contribution in [0.15, 0.2) is 24.8 Å². The van der Waals surface area contributed by atoms with Crippen molar-refractivity contribution in [3.63, 3.8) is 0 Å². The summed E-state index contributed by atoms with van der Waals surface area (Å²) in [5.74, 6) is 0. The van der Waals surface area contributed by atoms with Crippen LogP contribution in [0.5, 0.6) is 0 Å². The molecule has 0 aromatic carbocycles. The van der Waals surface area contributed by atoms with Gasteiger partial charge in [0.1, 0.15) is 0 Å². The molecule has 80 valence electrons. The first kappa shape index (κ1) is 11.5. The van der Waals surface area contributed by atoms with Crippen molar-refractivity contribution >= 4 is 0 Å². The Hall–Kier alpha value is -0.560. The van der Waals surface area contributed by atoms with E-state index >= 15 is 0 Å². The Morgan fingerprint density at radius 2 is 2.00 bits per heavy atom. The Bertz CT molecular complexity index is 187. The minimum atomic E-state index is 0.111. The van der Waals surface area contributed by atoms with E-state index in [1.54, 1.807) is 0 Å². The second-order valence-electron chi connectivity index (χ2n) is 4.12. The molecule has 1 nitrogen and oxygen atoms in total. The van der Waals surface area contributed by atoms with Crippen molar-refractivity contribution in [2.75, 3.05) is 6.61 Å². The number of ether oxygens (including phenoxy) is 1. The fourth-order valence-corrected chi connectivity index (χ4v) is 2.19. The van der Waals surface area contributed by atoms with E-state index in [1.165, 1.54) is 32.1 Å². The van der Waals surface area contributed by atoms with Crippen LogP contribution in [0.3, 0.4) is 0 Å². The van der Waals surface area contributed by atoms with E-state index in [1.807, 2.05) is 19.1 Å². The first-order chi connectivity index (χ1) is 6.83. The van der Waals surface area contributed by atoms with E-state index in [2.05, 4.69) is 12.7 Å². The predicted octanol–water partition coefficient (Wildman–Crippen LogP) is 3.86. The zero-order valence-electron chi connectivity index (χ0n) is 9.30. The lowest BCUT2D eigenvalue weighted by Crippen LogP contribution is -2.34. The van der Waals surface area contributed by atoms with Gasteiger partial charge in [-0.15, -0.1) is 6.58 Å². The van der Waals surface area contributed by atoms with Crippen LogP contribution in [0.2, 0.25) is 0 Å². The summed E-state index contributed by atoms with van der Waals surface area (Å²) in [7, 11) is 0. The molecule has 14 heavy (non-hydrogen) atoms. The fraction of sp³-hybridized carbons (Fsp3) is 0.692. The summed E-state index contributed by atoms with van der Waals surface area (Å²) in [6.45, 7) is 6.62. The van der Waals surface area contributed by atoms with Gasteiger partial charge in [0.25, 0.3) is 0 Å². The van der Waals surface area contributed by atoms with E-state index in [0.717, 1.165) is 13.0 Å². The summed E-state index contributed by atoms with van der Waals surface area (Å²) in [6, 6.07) is 0. The predicted molar refractivity (Wildman–Crippen MR) is 61.4 cm³/mol. The second kappa shape index (κ2) is 6.02. The van der Waals surface area contributed by atoms with Gasteiger partial charge in [-0.25, -0.2) is 0 Å². The molecular weight excluding hydrogens is 172 g/mol. The molecular formula is C13H22O. The molecule has 1 saturated carbocycles. The van der Waals surface area contributed by atoms with Crippen molar-refractivity contribution in [2.24, 2.45) is 0 Å². The molecule has 1 heteroatoms. The second-order valence-corrected chi connectivity index (χ2v) is 4.12. The third-order valence-corrected chi connectivity index (χ3v) is 3.00. The molecule has 0 amide bonds. The molecule has 1 aliphatic rings. The summed E-state index contributed by atoms with van der Waals surface area (Å²) in [6.07, 6.45) is 13.5. The molecule has 1 fully saturated rings. The van der Waals surface area contributed by atoms with Gasteiger partial charge < -0.3 is 4.74 Å². The van der Waals surface area contributed by atoms with E-state index in [0.29, 0.717) is 0 Å². The van der Waals surface area contributed by atoms with Gasteiger partial charge in [0.05, 0.1) is 12.2 Å². The van der Waals surface area contributed by atoms with E-state index in [4.69, 9.17) is 4.74 Å². The highest BCUT2D eigenvalue weighted by molar-refractivity contribution is 4.92. The smallest absolute Gasteiger partial charge is 0.0721 e. The van der Waals surface area contributed by atoms with Crippen molar-refractivity contribution in [2.45, 2.75) is 51.0 Å². The Morgan fingerprint density at radius 1 is 1.29 bits per heavy atom. The number of rotatable bonds is 5. The molecule has 0 unspecified atom stereocenters. The van der Waals surface area contributed by atoms with Crippen LogP contribution in [0, 0.1) is 0 Å². The average molecular weight is 194 g/mol. The van der Waals surface area contributed by atoms with Gasteiger partial charge in [0.2, 0.25) is 0 Å². The summed E-state index contributed by atoms with van der Waals surface area (Å²) in [5.41, 5.74) is 0.111. The molecule has 0 bridgehead atoms. The zero-order chi connectivity index (χ0) is 10.3. The van der Waals surface area contributed by atoms with E-state index < -0.39 is 0 Å². The maximum absolute atomic E-state index is 5.99. The highest BCUT2D eigenvalue weighted by atomic mass is 16.5. The van der Waals surface area contributed by atoms with Crippen molar-refractivity contribution in [3.8, 4) is 0 Å². The Labute approximate surface area is 87.8 Å². The standard InChI is InChI=1S/C13H22O/c1-3-5-12-14-13(9-4-2)10-7-6-8-11-13/h3-5H,2,6-12H2,1H3. The van der Waals surface area contributed by atoms with Crippen LogP contribution in [-0.2, 0) is 4.74 Å². The van der Waals surface area contributed by atoms with Crippen molar-refractivity contribution in [3.05, 3.63) is 24.8 Å². The van der Waals surface area contributed by atoms with Gasteiger partial charge in [-0.2, -0.15) is 0 Å². The first-order valence-electron chi connectivity index (χ1n) is 5.69. The lowest BCUT2D eigenvalue weighted by atomic mass is 9.82. The van der Waals surface area contributed by atoms with Crippen molar-refractivity contribution in [1.29, 1.82) is 0 Å². The number of allylic oxidation sites excluding steroid dienone is 1. The Balaban J connectivity index is 2.46. The molecule has 0 N–H and O–H groups in total. The SMILES string of the molecule is C=CCC1(OCC=CC)CCCCC1. The molecule has 1 rings (SSSR count). The monoisotopic (exact) mass is 194 g/mol. The van der Waals surface area contributed by atoms with E-state index in [-0.39, 0.29) is 5.60 Å². The summed E-state index contributed by atoms with van der Waals surface area (Å²) >= 11 is 0. The van der Waals surface area contributed by atoms with Gasteiger partial charge in [-0.05, 0) is 26.2 Å². The van der Waals surface area contributed by atoms with Crippen LogP contribution in [-0.4, -0.2) is 12.2 Å². The molecule has 0 atom stereocenters. The third-order valence-electron chi connectivity index (χ3n) is 3.00. The topological polar surface area (TPSA) is 9.23 Å². The number of hydrogen-bond acceptors (Lipinski definition) is 1. The fourth-order valence-electron chi connectivity index (χ4n) is 2.19. The van der Waals surface area contributed by atoms with Crippen molar-refractivity contribution in [1.82, 2.24) is 0 Å². The highest BCUT2D eigenvalue weighted by Crippen LogP contribution is 2.34. The summed E-state index contributed by atoms with van der Waals surface area (Å²) in [5, 5.41) is 0. The van der Waals surface area contributed by atoms with Gasteiger partial charge in [0.15, 0.2) is 0 Å². The molecule has 0 heterocycles. The molecule has 0 aromatic heterocycles. The zero-order valence-corrected chi connectivity index (χ0v) is 9.30. The van der Waals surface area contributed by atoms with Crippen LogP contribution >= 0.6 is 0 Å². The van der Waals surface area contributed by atoms with Crippen LogP contribution in [0.4, 0.5) is 0 Å². The highest BCUT2D eigenvalue weighted by Gasteiger charge is 2.30. The third kappa shape index (κ3) is 3.30. The molecule has 0 radical (unpaired) electrons. The van der Waals surface area contributed by atoms with Gasteiger partial charge >= 0.3 is 0 Å². The number of hydrogen-bond donors (Lipinski definition) is 0. The molecule has 1 aliphatic carbocycles. The van der Waals surface area contributed by atoms with Crippen LogP contribution in [0.25, 0.3) is 0 Å². The lowest BCUT2D eigenvalue weighted by molar-refractivity contribution is -0.0550. The largest absolute Gasteiger partial charge is 0.371 e. The summed E-state index contributed by atoms with van der Waals surface area (Å²) in [4.78, 5) is 0. The van der Waals surface area contributed by atoms with Gasteiger partial charge in [-0.1, -0.05) is 37.5 Å². The normalized spacial score (nSPS) is 21.2. The van der Waals surface area contributed by atoms with Crippen LogP contribution in [0.1, 0.15) is 45.4 Å². The van der Waals surface area contributed by atoms with E-state index in [9.17, 15) is 0 Å². The Morgan fingerprint density at radius 3 is 2.57 bits per heavy atom. The molecule has 0 aromatic rings.